The van der Waals surface area contributed by atoms with Crippen molar-refractivity contribution in [1.82, 2.24) is 4.31 Å². The Labute approximate surface area is 133 Å². The number of primary amides is 1. The van der Waals surface area contributed by atoms with Crippen LogP contribution in [0.5, 0.6) is 0 Å². The molecule has 126 valence electrons. The van der Waals surface area contributed by atoms with Gasteiger partial charge in [0, 0.05) is 13.1 Å². The third-order valence-corrected chi connectivity index (χ3v) is 5.36. The van der Waals surface area contributed by atoms with Crippen LogP contribution >= 0.6 is 0 Å². The molecule has 0 bridgehead atoms. The molecular formula is C14H17FN2O5S. The van der Waals surface area contributed by atoms with E-state index in [1.165, 1.54) is 4.31 Å². The third kappa shape index (κ3) is 4.05. The largest absolute Gasteiger partial charge is 0.452 e. The van der Waals surface area contributed by atoms with Crippen molar-refractivity contribution in [3.05, 3.63) is 29.6 Å². The zero-order valence-corrected chi connectivity index (χ0v) is 13.1. The maximum absolute atomic E-state index is 14.0. The van der Waals surface area contributed by atoms with Crippen molar-refractivity contribution >= 4 is 21.9 Å². The van der Waals surface area contributed by atoms with Crippen LogP contribution < -0.4 is 5.73 Å². The lowest BCUT2D eigenvalue weighted by Crippen LogP contribution is -2.36. The second-order valence-corrected chi connectivity index (χ2v) is 7.06. The van der Waals surface area contributed by atoms with Crippen LogP contribution in [0, 0.1) is 5.82 Å². The van der Waals surface area contributed by atoms with Gasteiger partial charge in [0.1, 0.15) is 10.7 Å². The number of amides is 1. The van der Waals surface area contributed by atoms with Crippen LogP contribution in [0.1, 0.15) is 29.6 Å². The summed E-state index contributed by atoms with van der Waals surface area (Å²) in [6, 6.07) is 2.90. The highest BCUT2D eigenvalue weighted by molar-refractivity contribution is 7.89. The summed E-state index contributed by atoms with van der Waals surface area (Å²) >= 11 is 0. The molecule has 1 fully saturated rings. The van der Waals surface area contributed by atoms with Gasteiger partial charge in [-0.05, 0) is 31.0 Å². The van der Waals surface area contributed by atoms with Gasteiger partial charge in [0.15, 0.2) is 6.61 Å². The number of piperidine rings is 1. The van der Waals surface area contributed by atoms with E-state index in [0.29, 0.717) is 25.9 Å². The van der Waals surface area contributed by atoms with Crippen molar-refractivity contribution in [2.75, 3.05) is 19.7 Å². The van der Waals surface area contributed by atoms with Crippen molar-refractivity contribution in [1.29, 1.82) is 0 Å². The normalized spacial score (nSPS) is 16.0. The Morgan fingerprint density at radius 3 is 2.48 bits per heavy atom. The Hall–Kier alpha value is -2.00. The highest BCUT2D eigenvalue weighted by Gasteiger charge is 2.29. The van der Waals surface area contributed by atoms with E-state index in [1.807, 2.05) is 0 Å². The number of esters is 1. The van der Waals surface area contributed by atoms with E-state index in [-0.39, 0.29) is 5.56 Å². The first kappa shape index (κ1) is 17.4. The van der Waals surface area contributed by atoms with Gasteiger partial charge in [0.25, 0.3) is 5.91 Å². The Morgan fingerprint density at radius 1 is 1.22 bits per heavy atom. The summed E-state index contributed by atoms with van der Waals surface area (Å²) in [6.07, 6.45) is 2.34. The maximum atomic E-state index is 14.0. The number of carbonyl (C=O) groups is 2. The van der Waals surface area contributed by atoms with Crippen molar-refractivity contribution in [2.45, 2.75) is 24.2 Å². The summed E-state index contributed by atoms with van der Waals surface area (Å²) in [6.45, 7) is 0.000658. The molecule has 0 unspecified atom stereocenters. The van der Waals surface area contributed by atoms with Gasteiger partial charge in [0.2, 0.25) is 10.0 Å². The molecule has 0 radical (unpaired) electrons. The van der Waals surface area contributed by atoms with E-state index in [4.69, 9.17) is 5.73 Å². The minimum atomic E-state index is -4.02. The molecule has 0 atom stereocenters. The van der Waals surface area contributed by atoms with Gasteiger partial charge in [0.05, 0.1) is 5.56 Å². The maximum Gasteiger partial charge on any atom is 0.338 e. The van der Waals surface area contributed by atoms with Crippen LogP contribution in [-0.2, 0) is 19.6 Å². The number of nitrogens with two attached hydrogens (primary N) is 1. The molecule has 7 nitrogen and oxygen atoms in total. The summed E-state index contributed by atoms with van der Waals surface area (Å²) in [5, 5.41) is 0. The molecule has 0 saturated carbocycles. The number of sulfonamides is 1. The van der Waals surface area contributed by atoms with Gasteiger partial charge in [-0.25, -0.2) is 17.6 Å². The van der Waals surface area contributed by atoms with Crippen LogP contribution in [0.15, 0.2) is 23.1 Å². The zero-order valence-electron chi connectivity index (χ0n) is 12.3. The van der Waals surface area contributed by atoms with E-state index < -0.39 is 39.2 Å². The van der Waals surface area contributed by atoms with Crippen molar-refractivity contribution in [2.24, 2.45) is 5.73 Å². The molecule has 1 aromatic rings. The SMILES string of the molecule is NC(=O)COC(=O)c1ccc(F)c(S(=O)(=O)N2CCCCC2)c1. The standard InChI is InChI=1S/C14H17FN2O5S/c15-11-5-4-10(14(19)22-9-13(16)18)8-12(11)23(20,21)17-6-2-1-3-7-17/h4-5,8H,1-3,6-7,9H2,(H2,16,18). The number of halogens is 1. The quantitative estimate of drug-likeness (QED) is 0.789. The summed E-state index contributed by atoms with van der Waals surface area (Å²) in [4.78, 5) is 21.8. The zero-order chi connectivity index (χ0) is 17.0. The highest BCUT2D eigenvalue weighted by Crippen LogP contribution is 2.24. The minimum absolute atomic E-state index is 0.164. The molecule has 1 aliphatic rings. The van der Waals surface area contributed by atoms with Gasteiger partial charge in [-0.15, -0.1) is 0 Å². The molecule has 2 rings (SSSR count). The van der Waals surface area contributed by atoms with Crippen LogP contribution in [0.2, 0.25) is 0 Å². The van der Waals surface area contributed by atoms with Gasteiger partial charge < -0.3 is 10.5 Å². The van der Waals surface area contributed by atoms with Crippen LogP contribution in [0.3, 0.4) is 0 Å². The molecule has 0 spiro atoms. The molecule has 1 heterocycles. The molecule has 1 amide bonds. The van der Waals surface area contributed by atoms with Crippen molar-refractivity contribution in [3.63, 3.8) is 0 Å². The summed E-state index contributed by atoms with van der Waals surface area (Å²) in [5.41, 5.74) is 4.70. The van der Waals surface area contributed by atoms with Crippen LogP contribution in [0.4, 0.5) is 4.39 Å². The van der Waals surface area contributed by atoms with Gasteiger partial charge in [-0.1, -0.05) is 6.42 Å². The van der Waals surface area contributed by atoms with E-state index in [0.717, 1.165) is 24.6 Å². The first-order valence-electron chi connectivity index (χ1n) is 7.07. The predicted molar refractivity (Wildman–Crippen MR) is 78.5 cm³/mol. The lowest BCUT2D eigenvalue weighted by atomic mass is 10.2. The number of carbonyl (C=O) groups excluding carboxylic acids is 2. The van der Waals surface area contributed by atoms with Gasteiger partial charge in [-0.3, -0.25) is 4.79 Å². The van der Waals surface area contributed by atoms with E-state index in [9.17, 15) is 22.4 Å². The van der Waals surface area contributed by atoms with Gasteiger partial charge in [-0.2, -0.15) is 4.31 Å². The van der Waals surface area contributed by atoms with Crippen molar-refractivity contribution < 1.29 is 27.1 Å². The smallest absolute Gasteiger partial charge is 0.338 e. The molecule has 1 aromatic carbocycles. The molecular weight excluding hydrogens is 327 g/mol. The molecule has 0 aromatic heterocycles. The van der Waals surface area contributed by atoms with Crippen LogP contribution in [-0.4, -0.2) is 44.3 Å². The van der Waals surface area contributed by atoms with E-state index in [2.05, 4.69) is 4.74 Å². The second kappa shape index (κ2) is 7.05. The molecule has 1 aliphatic heterocycles. The fourth-order valence-corrected chi connectivity index (χ4v) is 3.90. The van der Waals surface area contributed by atoms with Crippen molar-refractivity contribution in [3.8, 4) is 0 Å². The molecule has 1 saturated heterocycles. The predicted octanol–water partition coefficient (Wildman–Crippen LogP) is 0.642. The average molecular weight is 344 g/mol. The lowest BCUT2D eigenvalue weighted by molar-refractivity contribution is -0.121. The number of hydrogen-bond donors (Lipinski definition) is 1. The monoisotopic (exact) mass is 344 g/mol. The number of ether oxygens (including phenoxy) is 1. The topological polar surface area (TPSA) is 107 Å². The molecule has 0 aliphatic carbocycles. The molecule has 23 heavy (non-hydrogen) atoms. The second-order valence-electron chi connectivity index (χ2n) is 5.15. The summed E-state index contributed by atoms with van der Waals surface area (Å²) < 4.78 is 44.8. The summed E-state index contributed by atoms with van der Waals surface area (Å²) in [5.74, 6) is -2.73. The molecule has 2 N–H and O–H groups in total. The Morgan fingerprint density at radius 2 is 1.87 bits per heavy atom. The Kier molecular flexibility index (Phi) is 5.32. The Bertz CT molecular complexity index is 714. The Balaban J connectivity index is 2.29. The van der Waals surface area contributed by atoms with E-state index in [1.54, 1.807) is 0 Å². The number of rotatable bonds is 5. The highest BCUT2D eigenvalue weighted by atomic mass is 32.2. The number of hydrogen-bond acceptors (Lipinski definition) is 5. The first-order chi connectivity index (χ1) is 10.8. The summed E-state index contributed by atoms with van der Waals surface area (Å²) in [7, 11) is -4.02. The first-order valence-corrected chi connectivity index (χ1v) is 8.51. The minimum Gasteiger partial charge on any atom is -0.452 e. The van der Waals surface area contributed by atoms with Gasteiger partial charge >= 0.3 is 5.97 Å². The fraction of sp³-hybridized carbons (Fsp3) is 0.429. The molecule has 9 heteroatoms. The van der Waals surface area contributed by atoms with Crippen LogP contribution in [0.25, 0.3) is 0 Å². The lowest BCUT2D eigenvalue weighted by Gasteiger charge is -2.26. The third-order valence-electron chi connectivity index (χ3n) is 3.45. The fourth-order valence-electron chi connectivity index (χ4n) is 2.29. The number of benzene rings is 1. The average Bonchev–Trinajstić information content (AvgIpc) is 2.53. The number of nitrogens with zero attached hydrogens (tertiary/aromatic N) is 1. The van der Waals surface area contributed by atoms with E-state index >= 15 is 0 Å².